The summed E-state index contributed by atoms with van der Waals surface area (Å²) < 4.78 is 0. The molecule has 1 amide bonds. The summed E-state index contributed by atoms with van der Waals surface area (Å²) in [5, 5.41) is 14.9. The Bertz CT molecular complexity index is 665. The lowest BCUT2D eigenvalue weighted by Gasteiger charge is -2.26. The highest BCUT2D eigenvalue weighted by Gasteiger charge is 2.12. The molecule has 0 unspecified atom stereocenters. The van der Waals surface area contributed by atoms with Crippen LogP contribution in [-0.4, -0.2) is 47.2 Å². The smallest absolute Gasteiger partial charge is 0.284 e. The lowest BCUT2D eigenvalue weighted by atomic mass is 10.1. The van der Waals surface area contributed by atoms with Crippen molar-refractivity contribution >= 4 is 33.7 Å². The monoisotopic (exact) mass is 366 g/mol. The molecule has 2 aromatic rings. The average molecular weight is 367 g/mol. The second kappa shape index (κ2) is 8.57. The van der Waals surface area contributed by atoms with Crippen LogP contribution >= 0.6 is 22.7 Å². The number of nitrogens with zero attached hydrogens (tertiary/aromatic N) is 2. The Morgan fingerprint density at radius 2 is 2.12 bits per heavy atom. The van der Waals surface area contributed by atoms with Gasteiger partial charge in [0, 0.05) is 11.9 Å². The van der Waals surface area contributed by atoms with Gasteiger partial charge in [0.15, 0.2) is 5.13 Å². The molecule has 6 nitrogen and oxygen atoms in total. The molecule has 2 aromatic heterocycles. The number of hydrogen-bond acceptors (Lipinski definition) is 7. The molecule has 130 valence electrons. The molecule has 0 bridgehead atoms. The van der Waals surface area contributed by atoms with E-state index in [0.717, 1.165) is 35.2 Å². The Hall–Kier alpha value is -1.48. The van der Waals surface area contributed by atoms with Crippen LogP contribution in [0.2, 0.25) is 0 Å². The second-order valence-corrected chi connectivity index (χ2v) is 7.77. The minimum absolute atomic E-state index is 0.469. The molecule has 0 spiro atoms. The van der Waals surface area contributed by atoms with E-state index in [4.69, 9.17) is 5.21 Å². The predicted molar refractivity (Wildman–Crippen MR) is 98.1 cm³/mol. The van der Waals surface area contributed by atoms with Gasteiger partial charge in [-0.2, -0.15) is 0 Å². The van der Waals surface area contributed by atoms with E-state index in [9.17, 15) is 4.79 Å². The highest BCUT2D eigenvalue weighted by atomic mass is 32.1. The zero-order valence-corrected chi connectivity index (χ0v) is 15.1. The topological polar surface area (TPSA) is 77.5 Å². The van der Waals surface area contributed by atoms with Gasteiger partial charge in [0.1, 0.15) is 0 Å². The summed E-state index contributed by atoms with van der Waals surface area (Å²) in [6.45, 7) is 4.55. The quantitative estimate of drug-likeness (QED) is 0.398. The first-order valence-electron chi connectivity index (χ1n) is 8.22. The summed E-state index contributed by atoms with van der Waals surface area (Å²) in [7, 11) is 0. The van der Waals surface area contributed by atoms with E-state index >= 15 is 0 Å². The highest BCUT2D eigenvalue weighted by Crippen LogP contribution is 2.30. The molecule has 1 fully saturated rings. The molecule has 0 saturated carbocycles. The van der Waals surface area contributed by atoms with Crippen molar-refractivity contribution in [1.82, 2.24) is 15.4 Å². The van der Waals surface area contributed by atoms with Crippen molar-refractivity contribution < 1.29 is 10.0 Å². The lowest BCUT2D eigenvalue weighted by Crippen LogP contribution is -2.31. The Morgan fingerprint density at radius 1 is 1.29 bits per heavy atom. The number of aromatic nitrogens is 1. The first-order valence-corrected chi connectivity index (χ1v) is 9.92. The summed E-state index contributed by atoms with van der Waals surface area (Å²) in [5.41, 5.74) is 2.51. The molecule has 3 rings (SSSR count). The van der Waals surface area contributed by atoms with Gasteiger partial charge in [-0.25, -0.2) is 10.5 Å². The van der Waals surface area contributed by atoms with Crippen molar-refractivity contribution in [3.63, 3.8) is 0 Å². The van der Waals surface area contributed by atoms with Gasteiger partial charge in [-0.05, 0) is 51.0 Å². The molecule has 1 aliphatic heterocycles. The van der Waals surface area contributed by atoms with Crippen LogP contribution < -0.4 is 10.8 Å². The summed E-state index contributed by atoms with van der Waals surface area (Å²) in [4.78, 5) is 19.9. The van der Waals surface area contributed by atoms with E-state index in [1.54, 1.807) is 22.9 Å². The zero-order valence-electron chi connectivity index (χ0n) is 13.5. The number of thiazole rings is 1. The van der Waals surface area contributed by atoms with E-state index in [1.807, 2.05) is 11.4 Å². The van der Waals surface area contributed by atoms with Crippen LogP contribution in [0.3, 0.4) is 0 Å². The summed E-state index contributed by atoms with van der Waals surface area (Å²) in [5.74, 6) is -0.488. The fourth-order valence-electron chi connectivity index (χ4n) is 2.80. The number of carbonyl (C=O) groups excluding carboxylic acids is 1. The number of rotatable bonds is 7. The normalized spacial score (nSPS) is 15.4. The van der Waals surface area contributed by atoms with Crippen LogP contribution in [0.1, 0.15) is 35.4 Å². The van der Waals surface area contributed by atoms with Gasteiger partial charge in [0.05, 0.1) is 15.4 Å². The van der Waals surface area contributed by atoms with E-state index in [-0.39, 0.29) is 0 Å². The highest BCUT2D eigenvalue weighted by molar-refractivity contribution is 7.18. The van der Waals surface area contributed by atoms with Gasteiger partial charge in [-0.15, -0.1) is 22.7 Å². The van der Waals surface area contributed by atoms with Crippen LogP contribution in [0, 0.1) is 0 Å². The van der Waals surface area contributed by atoms with Crippen LogP contribution in [0.25, 0.3) is 10.6 Å². The third-order valence-corrected chi connectivity index (χ3v) is 5.97. The zero-order chi connectivity index (χ0) is 16.8. The molecular weight excluding hydrogens is 344 g/mol. The van der Waals surface area contributed by atoms with Crippen LogP contribution in [0.15, 0.2) is 17.5 Å². The third-order valence-electron chi connectivity index (χ3n) is 4.06. The van der Waals surface area contributed by atoms with Crippen LogP contribution in [0.4, 0.5) is 5.13 Å². The van der Waals surface area contributed by atoms with Gasteiger partial charge in [-0.3, -0.25) is 10.0 Å². The second-order valence-electron chi connectivity index (χ2n) is 5.83. The first-order chi connectivity index (χ1) is 11.8. The van der Waals surface area contributed by atoms with Crippen molar-refractivity contribution in [2.24, 2.45) is 0 Å². The van der Waals surface area contributed by atoms with Gasteiger partial charge >= 0.3 is 0 Å². The third kappa shape index (κ3) is 4.54. The van der Waals surface area contributed by atoms with E-state index in [1.165, 1.54) is 43.7 Å². The Balaban J connectivity index is 1.46. The number of nitrogens with one attached hydrogen (secondary N) is 2. The number of piperidine rings is 1. The van der Waals surface area contributed by atoms with Gasteiger partial charge in [0.25, 0.3) is 5.91 Å². The van der Waals surface area contributed by atoms with Crippen molar-refractivity contribution in [2.45, 2.75) is 25.7 Å². The van der Waals surface area contributed by atoms with Crippen molar-refractivity contribution in [1.29, 1.82) is 0 Å². The molecule has 1 saturated heterocycles. The molecule has 1 aliphatic rings. The maximum absolute atomic E-state index is 11.4. The summed E-state index contributed by atoms with van der Waals surface area (Å²) in [6, 6.07) is 3.54. The van der Waals surface area contributed by atoms with Crippen molar-refractivity contribution in [3.8, 4) is 10.6 Å². The first kappa shape index (κ1) is 17.3. The van der Waals surface area contributed by atoms with E-state index < -0.39 is 5.91 Å². The van der Waals surface area contributed by atoms with Crippen molar-refractivity contribution in [3.05, 3.63) is 22.4 Å². The maximum Gasteiger partial charge on any atom is 0.284 e. The van der Waals surface area contributed by atoms with E-state index in [2.05, 4.69) is 15.2 Å². The SMILES string of the molecule is O=C(NO)c1ccc(-c2csc(NCCCN3CCCCC3)n2)s1. The van der Waals surface area contributed by atoms with Crippen LogP contribution in [0.5, 0.6) is 0 Å². The molecule has 0 aliphatic carbocycles. The number of likely N-dealkylation sites (tertiary alicyclic amines) is 1. The van der Waals surface area contributed by atoms with Crippen molar-refractivity contribution in [2.75, 3.05) is 31.5 Å². The average Bonchev–Trinajstić information content (AvgIpc) is 3.28. The fraction of sp³-hybridized carbons (Fsp3) is 0.500. The molecule has 3 heterocycles. The maximum atomic E-state index is 11.4. The largest absolute Gasteiger partial charge is 0.361 e. The molecule has 0 radical (unpaired) electrons. The Kier molecular flexibility index (Phi) is 6.19. The number of hydrogen-bond donors (Lipinski definition) is 3. The standard InChI is InChI=1S/C16H22N4O2S2/c21-15(19-22)14-6-5-13(24-14)12-11-23-16(18-12)17-7-4-10-20-8-2-1-3-9-20/h5-6,11,22H,1-4,7-10H2,(H,17,18)(H,19,21). The minimum atomic E-state index is -0.488. The minimum Gasteiger partial charge on any atom is -0.361 e. The molecule has 24 heavy (non-hydrogen) atoms. The van der Waals surface area contributed by atoms with Gasteiger partial charge in [0.2, 0.25) is 0 Å². The summed E-state index contributed by atoms with van der Waals surface area (Å²) in [6.07, 6.45) is 5.16. The molecule has 0 aromatic carbocycles. The Labute approximate surface area is 149 Å². The fourth-order valence-corrected chi connectivity index (χ4v) is 4.47. The molecule has 3 N–H and O–H groups in total. The molecular formula is C16H22N4O2S2. The number of amides is 1. The number of carbonyl (C=O) groups is 1. The van der Waals surface area contributed by atoms with E-state index in [0.29, 0.717) is 4.88 Å². The Morgan fingerprint density at radius 3 is 2.92 bits per heavy atom. The number of thiophene rings is 1. The molecule has 0 atom stereocenters. The van der Waals surface area contributed by atoms with Gasteiger partial charge in [-0.1, -0.05) is 6.42 Å². The molecule has 8 heteroatoms. The van der Waals surface area contributed by atoms with Gasteiger partial charge < -0.3 is 10.2 Å². The number of anilines is 1. The number of hydroxylamine groups is 1. The van der Waals surface area contributed by atoms with Crippen LogP contribution in [-0.2, 0) is 0 Å². The lowest BCUT2D eigenvalue weighted by molar-refractivity contribution is 0.0711. The summed E-state index contributed by atoms with van der Waals surface area (Å²) >= 11 is 2.89. The predicted octanol–water partition coefficient (Wildman–Crippen LogP) is 3.28.